The van der Waals surface area contributed by atoms with Crippen LogP contribution >= 0.6 is 0 Å². The van der Waals surface area contributed by atoms with Gasteiger partial charge in [-0.25, -0.2) is 8.78 Å². The maximum atomic E-state index is 13.7. The Labute approximate surface area is 119 Å². The van der Waals surface area contributed by atoms with Crippen molar-refractivity contribution in [3.05, 3.63) is 29.3 Å². The molecule has 0 bridgehead atoms. The first kappa shape index (κ1) is 13.8. The van der Waals surface area contributed by atoms with Crippen molar-refractivity contribution < 1.29 is 8.78 Å². The van der Waals surface area contributed by atoms with Crippen molar-refractivity contribution in [2.45, 2.75) is 33.2 Å². The third-order valence-corrected chi connectivity index (χ3v) is 4.88. The molecule has 0 aliphatic carbocycles. The van der Waals surface area contributed by atoms with Crippen molar-refractivity contribution in [2.75, 3.05) is 31.1 Å². The van der Waals surface area contributed by atoms with Gasteiger partial charge in [0, 0.05) is 48.9 Å². The Morgan fingerprint density at radius 1 is 1.10 bits per heavy atom. The van der Waals surface area contributed by atoms with Crippen LogP contribution in [0.1, 0.15) is 25.8 Å². The smallest absolute Gasteiger partial charge is 0.131 e. The van der Waals surface area contributed by atoms with Gasteiger partial charge in [-0.3, -0.25) is 4.90 Å². The van der Waals surface area contributed by atoms with Gasteiger partial charge in [0.05, 0.1) is 0 Å². The molecule has 1 aromatic rings. The summed E-state index contributed by atoms with van der Waals surface area (Å²) >= 11 is 0. The van der Waals surface area contributed by atoms with Crippen LogP contribution in [-0.4, -0.2) is 37.1 Å². The molecule has 0 unspecified atom stereocenters. The highest BCUT2D eigenvalue weighted by Crippen LogP contribution is 2.42. The average molecular weight is 280 g/mol. The predicted molar refractivity (Wildman–Crippen MR) is 77.1 cm³/mol. The standard InChI is InChI=1S/C16H22F2N2/c1-11(2)20-9-16(10-20)4-5-19(8-16)13-6-14(17)12(3)15(18)7-13/h6-7,11H,4-5,8-10H2,1-3H3. The van der Waals surface area contributed by atoms with Gasteiger partial charge in [0.2, 0.25) is 0 Å². The Morgan fingerprint density at radius 3 is 2.25 bits per heavy atom. The molecule has 0 saturated carbocycles. The molecular weight excluding hydrogens is 258 g/mol. The second-order valence-electron chi connectivity index (χ2n) is 6.70. The zero-order valence-electron chi connectivity index (χ0n) is 12.4. The highest BCUT2D eigenvalue weighted by atomic mass is 19.1. The molecule has 2 aliphatic rings. The van der Waals surface area contributed by atoms with E-state index in [2.05, 4.69) is 23.6 Å². The van der Waals surface area contributed by atoms with E-state index in [0.717, 1.165) is 32.6 Å². The van der Waals surface area contributed by atoms with Crippen LogP contribution in [0.15, 0.2) is 12.1 Å². The van der Waals surface area contributed by atoms with Gasteiger partial charge in [-0.05, 0) is 39.3 Å². The monoisotopic (exact) mass is 280 g/mol. The molecule has 2 nitrogen and oxygen atoms in total. The van der Waals surface area contributed by atoms with Crippen molar-refractivity contribution in [1.29, 1.82) is 0 Å². The Hall–Kier alpha value is -1.16. The fourth-order valence-electron chi connectivity index (χ4n) is 3.41. The lowest BCUT2D eigenvalue weighted by Gasteiger charge is -2.50. The molecular formula is C16H22F2N2. The summed E-state index contributed by atoms with van der Waals surface area (Å²) in [6.07, 6.45) is 1.12. The molecule has 20 heavy (non-hydrogen) atoms. The summed E-state index contributed by atoms with van der Waals surface area (Å²) in [5, 5.41) is 0. The quantitative estimate of drug-likeness (QED) is 0.821. The largest absolute Gasteiger partial charge is 0.371 e. The normalized spacial score (nSPS) is 21.8. The van der Waals surface area contributed by atoms with Crippen LogP contribution in [0.2, 0.25) is 0 Å². The van der Waals surface area contributed by atoms with Gasteiger partial charge in [0.25, 0.3) is 0 Å². The molecule has 0 atom stereocenters. The van der Waals surface area contributed by atoms with Gasteiger partial charge in [-0.1, -0.05) is 0 Å². The van der Waals surface area contributed by atoms with Crippen LogP contribution < -0.4 is 4.90 Å². The number of rotatable bonds is 2. The fraction of sp³-hybridized carbons (Fsp3) is 0.625. The summed E-state index contributed by atoms with van der Waals surface area (Å²) in [6, 6.07) is 3.52. The molecule has 2 aliphatic heterocycles. The first-order chi connectivity index (χ1) is 9.40. The van der Waals surface area contributed by atoms with Gasteiger partial charge in [-0.2, -0.15) is 0 Å². The van der Waals surface area contributed by atoms with E-state index in [9.17, 15) is 8.78 Å². The van der Waals surface area contributed by atoms with Gasteiger partial charge < -0.3 is 4.90 Å². The molecule has 0 radical (unpaired) electrons. The number of hydrogen-bond acceptors (Lipinski definition) is 2. The fourth-order valence-corrected chi connectivity index (χ4v) is 3.41. The first-order valence-corrected chi connectivity index (χ1v) is 7.35. The summed E-state index contributed by atoms with van der Waals surface area (Å²) in [6.45, 7) is 9.93. The third-order valence-electron chi connectivity index (χ3n) is 4.88. The Kier molecular flexibility index (Phi) is 3.24. The summed E-state index contributed by atoms with van der Waals surface area (Å²) in [5.41, 5.74) is 1.13. The summed E-state index contributed by atoms with van der Waals surface area (Å²) in [7, 11) is 0. The van der Waals surface area contributed by atoms with E-state index < -0.39 is 11.6 Å². The van der Waals surface area contributed by atoms with Crippen LogP contribution in [0.5, 0.6) is 0 Å². The zero-order chi connectivity index (χ0) is 14.5. The van der Waals surface area contributed by atoms with E-state index in [0.29, 0.717) is 17.1 Å². The van der Waals surface area contributed by atoms with E-state index in [4.69, 9.17) is 0 Å². The zero-order valence-corrected chi connectivity index (χ0v) is 12.4. The number of likely N-dealkylation sites (tertiary alicyclic amines) is 1. The molecule has 1 aromatic carbocycles. The molecule has 0 N–H and O–H groups in total. The second-order valence-corrected chi connectivity index (χ2v) is 6.70. The third kappa shape index (κ3) is 2.20. The molecule has 1 spiro atoms. The molecule has 3 rings (SSSR count). The number of nitrogens with zero attached hydrogens (tertiary/aromatic N) is 2. The summed E-state index contributed by atoms with van der Waals surface area (Å²) in [4.78, 5) is 4.59. The van der Waals surface area contributed by atoms with Gasteiger partial charge >= 0.3 is 0 Å². The van der Waals surface area contributed by atoms with Crippen LogP contribution in [0.3, 0.4) is 0 Å². The summed E-state index contributed by atoms with van der Waals surface area (Å²) < 4.78 is 27.3. The van der Waals surface area contributed by atoms with Crippen molar-refractivity contribution in [1.82, 2.24) is 4.90 Å². The van der Waals surface area contributed by atoms with Crippen molar-refractivity contribution in [2.24, 2.45) is 5.41 Å². The van der Waals surface area contributed by atoms with E-state index >= 15 is 0 Å². The van der Waals surface area contributed by atoms with Gasteiger partial charge in [-0.15, -0.1) is 0 Å². The lowest BCUT2D eigenvalue weighted by Crippen LogP contribution is -2.59. The number of anilines is 1. The highest BCUT2D eigenvalue weighted by Gasteiger charge is 2.48. The molecule has 0 amide bonds. The topological polar surface area (TPSA) is 6.48 Å². The Bertz CT molecular complexity index is 498. The predicted octanol–water partition coefficient (Wildman–Crippen LogP) is 3.19. The number of halogens is 2. The van der Waals surface area contributed by atoms with Crippen molar-refractivity contribution >= 4 is 5.69 Å². The van der Waals surface area contributed by atoms with Crippen LogP contribution in [0.4, 0.5) is 14.5 Å². The Morgan fingerprint density at radius 2 is 1.70 bits per heavy atom. The van der Waals surface area contributed by atoms with Crippen LogP contribution in [-0.2, 0) is 0 Å². The minimum absolute atomic E-state index is 0.109. The van der Waals surface area contributed by atoms with Crippen molar-refractivity contribution in [3.63, 3.8) is 0 Å². The molecule has 4 heteroatoms. The average Bonchev–Trinajstić information content (AvgIpc) is 2.78. The molecule has 2 fully saturated rings. The van der Waals surface area contributed by atoms with E-state index in [1.54, 1.807) is 0 Å². The van der Waals surface area contributed by atoms with E-state index in [1.165, 1.54) is 19.1 Å². The minimum Gasteiger partial charge on any atom is -0.371 e. The lowest BCUT2D eigenvalue weighted by atomic mass is 9.78. The lowest BCUT2D eigenvalue weighted by molar-refractivity contribution is -0.00561. The SMILES string of the molecule is Cc1c(F)cc(N2CCC3(C2)CN(C(C)C)C3)cc1F. The van der Waals surface area contributed by atoms with Crippen molar-refractivity contribution in [3.8, 4) is 0 Å². The van der Waals surface area contributed by atoms with Crippen LogP contribution in [0, 0.1) is 24.0 Å². The number of hydrogen-bond donors (Lipinski definition) is 0. The maximum Gasteiger partial charge on any atom is 0.131 e. The molecule has 110 valence electrons. The van der Waals surface area contributed by atoms with Crippen LogP contribution in [0.25, 0.3) is 0 Å². The molecule has 2 saturated heterocycles. The molecule has 2 heterocycles. The second kappa shape index (κ2) is 4.69. The first-order valence-electron chi connectivity index (χ1n) is 7.35. The van der Waals surface area contributed by atoms with E-state index in [-0.39, 0.29) is 5.56 Å². The van der Waals surface area contributed by atoms with Gasteiger partial charge in [0.15, 0.2) is 0 Å². The maximum absolute atomic E-state index is 13.7. The minimum atomic E-state index is -0.446. The highest BCUT2D eigenvalue weighted by molar-refractivity contribution is 5.50. The molecule has 0 aromatic heterocycles. The summed E-state index contributed by atoms with van der Waals surface area (Å²) in [5.74, 6) is -0.892. The number of benzene rings is 1. The Balaban J connectivity index is 1.72. The van der Waals surface area contributed by atoms with Gasteiger partial charge in [0.1, 0.15) is 11.6 Å². The van der Waals surface area contributed by atoms with E-state index in [1.807, 2.05) is 0 Å².